The number of aromatic nitrogens is 2. The third-order valence-corrected chi connectivity index (χ3v) is 4.14. The summed E-state index contributed by atoms with van der Waals surface area (Å²) in [5.41, 5.74) is 0.876. The smallest absolute Gasteiger partial charge is 0.341 e. The van der Waals surface area contributed by atoms with Crippen LogP contribution in [0.2, 0.25) is 0 Å². The molecule has 1 fully saturated rings. The number of carboxylic acids is 1. The minimum absolute atomic E-state index is 0.307. The fourth-order valence-electron chi connectivity index (χ4n) is 3.07. The normalized spacial score (nSPS) is 23.3. The Labute approximate surface area is 114 Å². The molecule has 0 aromatic carbocycles. The van der Waals surface area contributed by atoms with Gasteiger partial charge in [0.1, 0.15) is 11.4 Å². The number of hydrogen-bond donors (Lipinski definition) is 2. The third kappa shape index (κ3) is 2.91. The molecule has 1 saturated carbocycles. The van der Waals surface area contributed by atoms with E-state index in [1.807, 2.05) is 0 Å². The number of hydrogen-bond acceptors (Lipinski definition) is 3. The van der Waals surface area contributed by atoms with E-state index >= 15 is 0 Å². The van der Waals surface area contributed by atoms with Gasteiger partial charge in [-0.3, -0.25) is 4.68 Å². The quantitative estimate of drug-likeness (QED) is 0.878. The zero-order valence-electron chi connectivity index (χ0n) is 11.9. The van der Waals surface area contributed by atoms with Crippen LogP contribution < -0.4 is 5.32 Å². The second kappa shape index (κ2) is 5.63. The molecule has 2 N–H and O–H groups in total. The Balaban J connectivity index is 2.16. The predicted molar refractivity (Wildman–Crippen MR) is 74.6 cm³/mol. The van der Waals surface area contributed by atoms with E-state index in [0.29, 0.717) is 23.1 Å². The summed E-state index contributed by atoms with van der Waals surface area (Å²) in [4.78, 5) is 11.3. The minimum Gasteiger partial charge on any atom is -0.477 e. The summed E-state index contributed by atoms with van der Waals surface area (Å²) in [6.07, 6.45) is 5.95. The first-order valence-corrected chi connectivity index (χ1v) is 7.06. The first-order valence-electron chi connectivity index (χ1n) is 7.06. The van der Waals surface area contributed by atoms with Gasteiger partial charge in [-0.1, -0.05) is 26.2 Å². The summed E-state index contributed by atoms with van der Waals surface area (Å²) < 4.78 is 1.65. The van der Waals surface area contributed by atoms with Gasteiger partial charge in [-0.2, -0.15) is 5.10 Å². The standard InChI is InChI=1S/C14H23N3O2/c1-4-10-6-5-7-11(8-10)15-13-12(14(18)19)9(2)16-17(13)3/h10-11,15H,4-8H2,1-3H3,(H,18,19). The van der Waals surface area contributed by atoms with Gasteiger partial charge in [-0.15, -0.1) is 0 Å². The van der Waals surface area contributed by atoms with Gasteiger partial charge in [0.05, 0.1) is 5.69 Å². The van der Waals surface area contributed by atoms with Crippen molar-refractivity contribution in [2.45, 2.75) is 52.0 Å². The summed E-state index contributed by atoms with van der Waals surface area (Å²) in [5, 5.41) is 16.9. The molecule has 1 aromatic rings. The number of rotatable bonds is 4. The van der Waals surface area contributed by atoms with Gasteiger partial charge in [0.15, 0.2) is 0 Å². The number of anilines is 1. The molecule has 2 atom stereocenters. The number of carboxylic acid groups (broad SMARTS) is 1. The van der Waals surface area contributed by atoms with Crippen LogP contribution in [0.25, 0.3) is 0 Å². The maximum absolute atomic E-state index is 11.3. The Bertz CT molecular complexity index is 468. The van der Waals surface area contributed by atoms with Crippen molar-refractivity contribution >= 4 is 11.8 Å². The second-order valence-corrected chi connectivity index (χ2v) is 5.52. The first-order chi connectivity index (χ1) is 9.02. The lowest BCUT2D eigenvalue weighted by Gasteiger charge is -2.29. The average molecular weight is 265 g/mol. The first kappa shape index (κ1) is 13.9. The summed E-state index contributed by atoms with van der Waals surface area (Å²) in [5.74, 6) is 0.497. The number of aryl methyl sites for hydroxylation is 2. The van der Waals surface area contributed by atoms with Gasteiger partial charge >= 0.3 is 5.97 Å². The molecule has 2 unspecified atom stereocenters. The molecular formula is C14H23N3O2. The zero-order valence-corrected chi connectivity index (χ0v) is 11.9. The van der Waals surface area contributed by atoms with Crippen molar-refractivity contribution in [3.8, 4) is 0 Å². The van der Waals surface area contributed by atoms with Crippen molar-refractivity contribution in [1.29, 1.82) is 0 Å². The molecule has 1 aliphatic rings. The zero-order chi connectivity index (χ0) is 14.0. The van der Waals surface area contributed by atoms with Crippen LogP contribution in [-0.4, -0.2) is 26.9 Å². The Morgan fingerprint density at radius 3 is 2.89 bits per heavy atom. The maximum Gasteiger partial charge on any atom is 0.341 e. The van der Waals surface area contributed by atoms with Gasteiger partial charge < -0.3 is 10.4 Å². The molecule has 106 valence electrons. The molecule has 0 aliphatic heterocycles. The molecule has 0 bridgehead atoms. The monoisotopic (exact) mass is 265 g/mol. The van der Waals surface area contributed by atoms with E-state index in [9.17, 15) is 9.90 Å². The molecule has 1 heterocycles. The SMILES string of the molecule is CCC1CCCC(Nc2c(C(=O)O)c(C)nn2C)C1. The van der Waals surface area contributed by atoms with Gasteiger partial charge in [-0.25, -0.2) is 4.79 Å². The maximum atomic E-state index is 11.3. The van der Waals surface area contributed by atoms with Crippen LogP contribution >= 0.6 is 0 Å². The van der Waals surface area contributed by atoms with Crippen molar-refractivity contribution in [3.05, 3.63) is 11.3 Å². The van der Waals surface area contributed by atoms with E-state index in [-0.39, 0.29) is 0 Å². The van der Waals surface area contributed by atoms with Crippen LogP contribution in [0.3, 0.4) is 0 Å². The highest BCUT2D eigenvalue weighted by Crippen LogP contribution is 2.30. The Hall–Kier alpha value is -1.52. The average Bonchev–Trinajstić information content (AvgIpc) is 2.64. The van der Waals surface area contributed by atoms with Crippen LogP contribution in [0.1, 0.15) is 55.1 Å². The molecule has 1 aliphatic carbocycles. The molecule has 0 saturated heterocycles. The molecule has 19 heavy (non-hydrogen) atoms. The molecule has 2 rings (SSSR count). The van der Waals surface area contributed by atoms with Crippen molar-refractivity contribution in [2.24, 2.45) is 13.0 Å². The Morgan fingerprint density at radius 2 is 2.26 bits per heavy atom. The van der Waals surface area contributed by atoms with Crippen molar-refractivity contribution in [2.75, 3.05) is 5.32 Å². The van der Waals surface area contributed by atoms with E-state index in [4.69, 9.17) is 0 Å². The Kier molecular flexibility index (Phi) is 4.12. The summed E-state index contributed by atoms with van der Waals surface area (Å²) in [6.45, 7) is 3.97. The highest BCUT2D eigenvalue weighted by Gasteiger charge is 2.25. The number of aromatic carboxylic acids is 1. The van der Waals surface area contributed by atoms with Crippen molar-refractivity contribution in [1.82, 2.24) is 9.78 Å². The fourth-order valence-corrected chi connectivity index (χ4v) is 3.07. The van der Waals surface area contributed by atoms with Crippen LogP contribution in [0, 0.1) is 12.8 Å². The number of carbonyl (C=O) groups is 1. The third-order valence-electron chi connectivity index (χ3n) is 4.14. The van der Waals surface area contributed by atoms with Crippen LogP contribution in [-0.2, 0) is 7.05 Å². The lowest BCUT2D eigenvalue weighted by atomic mass is 9.84. The van der Waals surface area contributed by atoms with E-state index in [1.54, 1.807) is 18.7 Å². The molecule has 0 radical (unpaired) electrons. The predicted octanol–water partition coefficient (Wildman–Crippen LogP) is 2.81. The number of nitrogens with one attached hydrogen (secondary N) is 1. The molecule has 5 heteroatoms. The van der Waals surface area contributed by atoms with Crippen LogP contribution in [0.15, 0.2) is 0 Å². The molecule has 0 spiro atoms. The summed E-state index contributed by atoms with van der Waals surface area (Å²) in [7, 11) is 1.79. The molecular weight excluding hydrogens is 242 g/mol. The van der Waals surface area contributed by atoms with E-state index in [2.05, 4.69) is 17.3 Å². The summed E-state index contributed by atoms with van der Waals surface area (Å²) >= 11 is 0. The van der Waals surface area contributed by atoms with Gasteiger partial charge in [0, 0.05) is 13.1 Å². The van der Waals surface area contributed by atoms with Crippen LogP contribution in [0.5, 0.6) is 0 Å². The fraction of sp³-hybridized carbons (Fsp3) is 0.714. The highest BCUT2D eigenvalue weighted by molar-refractivity contribution is 5.94. The minimum atomic E-state index is -0.907. The topological polar surface area (TPSA) is 67.2 Å². The number of nitrogens with zero attached hydrogens (tertiary/aromatic N) is 2. The van der Waals surface area contributed by atoms with Gasteiger partial charge in [-0.05, 0) is 25.7 Å². The van der Waals surface area contributed by atoms with E-state index in [0.717, 1.165) is 18.8 Å². The molecule has 0 amide bonds. The molecule has 5 nitrogen and oxygen atoms in total. The highest BCUT2D eigenvalue weighted by atomic mass is 16.4. The molecule has 1 aromatic heterocycles. The van der Waals surface area contributed by atoms with Crippen molar-refractivity contribution < 1.29 is 9.90 Å². The van der Waals surface area contributed by atoms with Gasteiger partial charge in [0.2, 0.25) is 0 Å². The van der Waals surface area contributed by atoms with E-state index < -0.39 is 5.97 Å². The Morgan fingerprint density at radius 1 is 1.53 bits per heavy atom. The lowest BCUT2D eigenvalue weighted by Crippen LogP contribution is -2.28. The lowest BCUT2D eigenvalue weighted by molar-refractivity contribution is 0.0697. The van der Waals surface area contributed by atoms with Crippen molar-refractivity contribution in [3.63, 3.8) is 0 Å². The summed E-state index contributed by atoms with van der Waals surface area (Å²) in [6, 6.07) is 0.367. The largest absolute Gasteiger partial charge is 0.477 e. The van der Waals surface area contributed by atoms with Crippen LogP contribution in [0.4, 0.5) is 5.82 Å². The van der Waals surface area contributed by atoms with Gasteiger partial charge in [0.25, 0.3) is 0 Å². The second-order valence-electron chi connectivity index (χ2n) is 5.52. The van der Waals surface area contributed by atoms with E-state index in [1.165, 1.54) is 19.3 Å².